The van der Waals surface area contributed by atoms with Crippen LogP contribution in [-0.4, -0.2) is 34.5 Å². The number of carboxylic acid groups (broad SMARTS) is 1. The third kappa shape index (κ3) is 4.04. The van der Waals surface area contributed by atoms with E-state index in [1.165, 1.54) is 0 Å². The molecule has 0 spiro atoms. The summed E-state index contributed by atoms with van der Waals surface area (Å²) in [6.07, 6.45) is 1.35. The van der Waals surface area contributed by atoms with Crippen LogP contribution in [0.2, 0.25) is 0 Å². The Morgan fingerprint density at radius 3 is 2.62 bits per heavy atom. The second-order valence-corrected chi connectivity index (χ2v) is 5.74. The molecule has 1 unspecified atom stereocenters. The molecule has 0 aromatic heterocycles. The quantitative estimate of drug-likeness (QED) is 0.767. The van der Waals surface area contributed by atoms with Crippen molar-refractivity contribution in [1.29, 1.82) is 0 Å². The van der Waals surface area contributed by atoms with Crippen molar-refractivity contribution in [3.8, 4) is 0 Å². The van der Waals surface area contributed by atoms with Gasteiger partial charge in [0.2, 0.25) is 5.91 Å². The fraction of sp³-hybridized carbons (Fsp3) is 0.818. The van der Waals surface area contributed by atoms with Gasteiger partial charge < -0.3 is 10.4 Å². The molecule has 0 aromatic carbocycles. The third-order valence-electron chi connectivity index (χ3n) is 2.62. The van der Waals surface area contributed by atoms with E-state index in [0.717, 1.165) is 17.9 Å². The predicted molar refractivity (Wildman–Crippen MR) is 64.5 cm³/mol. The summed E-state index contributed by atoms with van der Waals surface area (Å²) in [6.45, 7) is 3.90. The minimum Gasteiger partial charge on any atom is -0.480 e. The average molecular weight is 245 g/mol. The van der Waals surface area contributed by atoms with Gasteiger partial charge in [-0.2, -0.15) is 11.8 Å². The Hall–Kier alpha value is -0.710. The lowest BCUT2D eigenvalue weighted by atomic mass is 10.0. The molecule has 2 N–H and O–H groups in total. The SMILES string of the molecule is CC(C)C[C@@H](NC(=O)C1CCSC1)C(=O)O. The molecule has 0 radical (unpaired) electrons. The number of carbonyl (C=O) groups excluding carboxylic acids is 1. The highest BCUT2D eigenvalue weighted by molar-refractivity contribution is 7.99. The first-order valence-electron chi connectivity index (χ1n) is 5.61. The Kier molecular flexibility index (Phi) is 5.12. The number of hydrogen-bond donors (Lipinski definition) is 2. The van der Waals surface area contributed by atoms with Crippen LogP contribution in [0.25, 0.3) is 0 Å². The van der Waals surface area contributed by atoms with Gasteiger partial charge in [-0.1, -0.05) is 13.8 Å². The number of amides is 1. The van der Waals surface area contributed by atoms with Crippen molar-refractivity contribution >= 4 is 23.6 Å². The van der Waals surface area contributed by atoms with Gasteiger partial charge in [0.05, 0.1) is 0 Å². The van der Waals surface area contributed by atoms with Gasteiger partial charge in [-0.15, -0.1) is 0 Å². The highest BCUT2D eigenvalue weighted by Crippen LogP contribution is 2.23. The predicted octanol–water partition coefficient (Wildman–Crippen LogP) is 1.35. The molecule has 1 fully saturated rings. The number of carbonyl (C=O) groups is 2. The molecule has 2 atom stereocenters. The van der Waals surface area contributed by atoms with Crippen LogP contribution >= 0.6 is 11.8 Å². The number of nitrogens with one attached hydrogen (secondary N) is 1. The van der Waals surface area contributed by atoms with E-state index in [-0.39, 0.29) is 17.7 Å². The molecule has 1 saturated heterocycles. The van der Waals surface area contributed by atoms with Gasteiger partial charge in [0.1, 0.15) is 6.04 Å². The van der Waals surface area contributed by atoms with Gasteiger partial charge in [0.25, 0.3) is 0 Å². The zero-order chi connectivity index (χ0) is 12.1. The Labute approximate surface area is 100 Å². The summed E-state index contributed by atoms with van der Waals surface area (Å²) in [5, 5.41) is 11.6. The molecule has 1 amide bonds. The number of thioether (sulfide) groups is 1. The van der Waals surface area contributed by atoms with Crippen LogP contribution in [0.5, 0.6) is 0 Å². The van der Waals surface area contributed by atoms with Crippen molar-refractivity contribution in [2.75, 3.05) is 11.5 Å². The maximum atomic E-state index is 11.8. The van der Waals surface area contributed by atoms with E-state index in [9.17, 15) is 9.59 Å². The van der Waals surface area contributed by atoms with Gasteiger partial charge in [0.15, 0.2) is 0 Å². The van der Waals surface area contributed by atoms with Crippen molar-refractivity contribution in [3.05, 3.63) is 0 Å². The summed E-state index contributed by atoms with van der Waals surface area (Å²) in [5.74, 6) is 1.05. The summed E-state index contributed by atoms with van der Waals surface area (Å²) in [4.78, 5) is 22.7. The van der Waals surface area contributed by atoms with E-state index in [1.807, 2.05) is 13.8 Å². The highest BCUT2D eigenvalue weighted by atomic mass is 32.2. The Morgan fingerprint density at radius 2 is 2.19 bits per heavy atom. The molecule has 1 aliphatic heterocycles. The minimum atomic E-state index is -0.937. The van der Waals surface area contributed by atoms with Crippen LogP contribution in [0.3, 0.4) is 0 Å². The van der Waals surface area contributed by atoms with Gasteiger partial charge in [-0.05, 0) is 24.5 Å². The van der Waals surface area contributed by atoms with Gasteiger partial charge in [-0.25, -0.2) is 4.79 Å². The summed E-state index contributed by atoms with van der Waals surface area (Å²) in [5.41, 5.74) is 0. The van der Waals surface area contributed by atoms with Crippen LogP contribution in [0.15, 0.2) is 0 Å². The highest BCUT2D eigenvalue weighted by Gasteiger charge is 2.27. The Balaban J connectivity index is 2.47. The van der Waals surface area contributed by atoms with Gasteiger partial charge >= 0.3 is 5.97 Å². The molecular formula is C11H19NO3S. The molecule has 0 aromatic rings. The molecule has 5 heteroatoms. The lowest BCUT2D eigenvalue weighted by Gasteiger charge is -2.18. The number of aliphatic carboxylic acids is 1. The molecule has 0 saturated carbocycles. The lowest BCUT2D eigenvalue weighted by molar-refractivity contribution is -0.142. The first-order valence-corrected chi connectivity index (χ1v) is 6.77. The molecule has 16 heavy (non-hydrogen) atoms. The molecule has 92 valence electrons. The number of rotatable bonds is 5. The minimum absolute atomic E-state index is 0.000915. The van der Waals surface area contributed by atoms with Crippen LogP contribution in [0.4, 0.5) is 0 Å². The zero-order valence-corrected chi connectivity index (χ0v) is 10.5. The lowest BCUT2D eigenvalue weighted by Crippen LogP contribution is -2.44. The normalized spacial score (nSPS) is 22.1. The Bertz CT molecular complexity index is 262. The van der Waals surface area contributed by atoms with Crippen molar-refractivity contribution < 1.29 is 14.7 Å². The standard InChI is InChI=1S/C11H19NO3S/c1-7(2)5-9(11(14)15)12-10(13)8-3-4-16-6-8/h7-9H,3-6H2,1-2H3,(H,12,13)(H,14,15)/t8?,9-/m1/s1. The largest absolute Gasteiger partial charge is 0.480 e. The monoisotopic (exact) mass is 245 g/mol. The first kappa shape index (κ1) is 13.4. The van der Waals surface area contributed by atoms with E-state index in [2.05, 4.69) is 5.32 Å². The number of carboxylic acids is 1. The van der Waals surface area contributed by atoms with Crippen LogP contribution in [-0.2, 0) is 9.59 Å². The third-order valence-corrected chi connectivity index (χ3v) is 3.78. The second-order valence-electron chi connectivity index (χ2n) is 4.59. The molecular weight excluding hydrogens is 226 g/mol. The van der Waals surface area contributed by atoms with Crippen LogP contribution < -0.4 is 5.32 Å². The summed E-state index contributed by atoms with van der Waals surface area (Å²) in [6, 6.07) is -0.738. The molecule has 0 bridgehead atoms. The zero-order valence-electron chi connectivity index (χ0n) is 9.73. The van der Waals surface area contributed by atoms with Crippen molar-refractivity contribution in [1.82, 2.24) is 5.32 Å². The summed E-state index contributed by atoms with van der Waals surface area (Å²) in [7, 11) is 0. The van der Waals surface area contributed by atoms with E-state index < -0.39 is 12.0 Å². The van der Waals surface area contributed by atoms with Crippen molar-refractivity contribution in [2.24, 2.45) is 11.8 Å². The van der Waals surface area contributed by atoms with Crippen LogP contribution in [0, 0.1) is 11.8 Å². The molecule has 1 heterocycles. The second kappa shape index (κ2) is 6.13. The maximum absolute atomic E-state index is 11.8. The van der Waals surface area contributed by atoms with Crippen LogP contribution in [0.1, 0.15) is 26.7 Å². The van der Waals surface area contributed by atoms with Crippen molar-refractivity contribution in [3.63, 3.8) is 0 Å². The fourth-order valence-corrected chi connectivity index (χ4v) is 2.94. The molecule has 0 aliphatic carbocycles. The smallest absolute Gasteiger partial charge is 0.326 e. The average Bonchev–Trinajstić information content (AvgIpc) is 2.68. The maximum Gasteiger partial charge on any atom is 0.326 e. The number of hydrogen-bond acceptors (Lipinski definition) is 3. The van der Waals surface area contributed by atoms with Crippen molar-refractivity contribution in [2.45, 2.75) is 32.7 Å². The Morgan fingerprint density at radius 1 is 1.50 bits per heavy atom. The van der Waals surface area contributed by atoms with E-state index in [0.29, 0.717) is 6.42 Å². The molecule has 1 aliphatic rings. The first-order chi connectivity index (χ1) is 7.50. The summed E-state index contributed by atoms with van der Waals surface area (Å²) >= 11 is 1.75. The molecule has 4 nitrogen and oxygen atoms in total. The topological polar surface area (TPSA) is 66.4 Å². The van der Waals surface area contributed by atoms with E-state index in [4.69, 9.17) is 5.11 Å². The van der Waals surface area contributed by atoms with E-state index >= 15 is 0 Å². The van der Waals surface area contributed by atoms with Gasteiger partial charge in [0, 0.05) is 11.7 Å². The molecule has 1 rings (SSSR count). The van der Waals surface area contributed by atoms with E-state index in [1.54, 1.807) is 11.8 Å². The summed E-state index contributed by atoms with van der Waals surface area (Å²) < 4.78 is 0. The van der Waals surface area contributed by atoms with Gasteiger partial charge in [-0.3, -0.25) is 4.79 Å². The fourth-order valence-electron chi connectivity index (χ4n) is 1.72.